The highest BCUT2D eigenvalue weighted by Crippen LogP contribution is 2.29. The molecular formula is C18H21BrN2. The van der Waals surface area contributed by atoms with Crippen molar-refractivity contribution >= 4 is 32.5 Å². The van der Waals surface area contributed by atoms with Gasteiger partial charge in [0.1, 0.15) is 5.84 Å². The molecule has 21 heavy (non-hydrogen) atoms. The molecule has 2 aromatic rings. The first-order chi connectivity index (χ1) is 10.2. The second-order valence-electron chi connectivity index (χ2n) is 5.76. The molecule has 0 spiro atoms. The molecule has 0 saturated carbocycles. The Bertz CT molecular complexity index is 658. The zero-order chi connectivity index (χ0) is 14.8. The number of fused-ring (bicyclic) bond motifs is 1. The standard InChI is InChI=1S/C18H21BrN2/c1-13(19)12-21-11-10-20-18(21)14(2)16-9-5-7-15-6-3-4-8-17(15)16/h3-9,13-14H,10-12H2,1-2H3. The lowest BCUT2D eigenvalue weighted by molar-refractivity contribution is 0.451. The van der Waals surface area contributed by atoms with E-state index in [4.69, 9.17) is 4.99 Å². The molecule has 1 aliphatic rings. The van der Waals surface area contributed by atoms with Crippen molar-refractivity contribution in [2.75, 3.05) is 19.6 Å². The largest absolute Gasteiger partial charge is 0.357 e. The lowest BCUT2D eigenvalue weighted by Crippen LogP contribution is -2.35. The highest BCUT2D eigenvalue weighted by atomic mass is 79.9. The van der Waals surface area contributed by atoms with Gasteiger partial charge in [0.25, 0.3) is 0 Å². The smallest absolute Gasteiger partial charge is 0.106 e. The molecule has 1 heterocycles. The van der Waals surface area contributed by atoms with Crippen molar-refractivity contribution in [3.8, 4) is 0 Å². The van der Waals surface area contributed by atoms with Crippen LogP contribution in [0.1, 0.15) is 25.3 Å². The maximum absolute atomic E-state index is 4.78. The Morgan fingerprint density at radius 2 is 1.90 bits per heavy atom. The normalized spacial score (nSPS) is 17.9. The van der Waals surface area contributed by atoms with E-state index in [0.717, 1.165) is 19.6 Å². The summed E-state index contributed by atoms with van der Waals surface area (Å²) in [5.74, 6) is 1.57. The van der Waals surface area contributed by atoms with E-state index in [1.807, 2.05) is 0 Å². The Labute approximate surface area is 135 Å². The van der Waals surface area contributed by atoms with Gasteiger partial charge in [-0.15, -0.1) is 0 Å². The van der Waals surface area contributed by atoms with E-state index < -0.39 is 0 Å². The predicted molar refractivity (Wildman–Crippen MR) is 94.6 cm³/mol. The van der Waals surface area contributed by atoms with Gasteiger partial charge in [0.2, 0.25) is 0 Å². The fourth-order valence-electron chi connectivity index (χ4n) is 3.17. The van der Waals surface area contributed by atoms with E-state index in [1.54, 1.807) is 0 Å². The Balaban J connectivity index is 1.95. The maximum Gasteiger partial charge on any atom is 0.106 e. The van der Waals surface area contributed by atoms with Crippen LogP contribution in [0.2, 0.25) is 0 Å². The molecule has 2 aromatic carbocycles. The number of nitrogens with zero attached hydrogens (tertiary/aromatic N) is 2. The molecule has 3 heteroatoms. The van der Waals surface area contributed by atoms with Gasteiger partial charge in [0.15, 0.2) is 0 Å². The van der Waals surface area contributed by atoms with Crippen LogP contribution in [0.15, 0.2) is 47.5 Å². The van der Waals surface area contributed by atoms with Crippen molar-refractivity contribution in [1.29, 1.82) is 0 Å². The number of halogens is 1. The van der Waals surface area contributed by atoms with Crippen molar-refractivity contribution in [3.63, 3.8) is 0 Å². The van der Waals surface area contributed by atoms with Gasteiger partial charge < -0.3 is 4.90 Å². The van der Waals surface area contributed by atoms with Crippen molar-refractivity contribution in [2.45, 2.75) is 24.6 Å². The second kappa shape index (κ2) is 6.18. The first-order valence-electron chi connectivity index (χ1n) is 7.58. The summed E-state index contributed by atoms with van der Waals surface area (Å²) in [4.78, 5) is 7.68. The lowest BCUT2D eigenvalue weighted by Gasteiger charge is -2.26. The third-order valence-corrected chi connectivity index (χ3v) is 4.41. The van der Waals surface area contributed by atoms with Crippen molar-refractivity contribution < 1.29 is 0 Å². The molecule has 2 nitrogen and oxygen atoms in total. The number of alkyl halides is 1. The molecule has 0 radical (unpaired) electrons. The van der Waals surface area contributed by atoms with Crippen molar-refractivity contribution in [1.82, 2.24) is 4.90 Å². The van der Waals surface area contributed by atoms with Gasteiger partial charge in [-0.25, -0.2) is 0 Å². The molecule has 2 atom stereocenters. The first-order valence-corrected chi connectivity index (χ1v) is 8.49. The Morgan fingerprint density at radius 3 is 2.71 bits per heavy atom. The van der Waals surface area contributed by atoms with Crippen LogP contribution < -0.4 is 0 Å². The molecule has 2 unspecified atom stereocenters. The zero-order valence-corrected chi connectivity index (χ0v) is 14.2. The number of aliphatic imine (C=N–C) groups is 1. The Morgan fingerprint density at radius 1 is 1.14 bits per heavy atom. The van der Waals surface area contributed by atoms with Gasteiger partial charge in [-0.05, 0) is 16.3 Å². The highest BCUT2D eigenvalue weighted by molar-refractivity contribution is 9.09. The van der Waals surface area contributed by atoms with E-state index in [9.17, 15) is 0 Å². The minimum absolute atomic E-state index is 0.338. The molecule has 0 fully saturated rings. The van der Waals surface area contributed by atoms with Crippen molar-refractivity contribution in [3.05, 3.63) is 48.0 Å². The summed E-state index contributed by atoms with van der Waals surface area (Å²) >= 11 is 3.66. The average molecular weight is 345 g/mol. The van der Waals surface area contributed by atoms with Gasteiger partial charge in [0, 0.05) is 23.8 Å². The summed E-state index contributed by atoms with van der Waals surface area (Å²) in [6, 6.07) is 15.2. The van der Waals surface area contributed by atoms with Crippen LogP contribution in [-0.4, -0.2) is 35.2 Å². The molecule has 0 aromatic heterocycles. The number of hydrogen-bond acceptors (Lipinski definition) is 2. The van der Waals surface area contributed by atoms with Crippen LogP contribution in [0.25, 0.3) is 10.8 Å². The number of rotatable bonds is 4. The fourth-order valence-corrected chi connectivity index (χ4v) is 3.52. The average Bonchev–Trinajstić information content (AvgIpc) is 2.93. The van der Waals surface area contributed by atoms with Gasteiger partial charge in [-0.1, -0.05) is 72.2 Å². The topological polar surface area (TPSA) is 15.6 Å². The quantitative estimate of drug-likeness (QED) is 0.748. The van der Waals surface area contributed by atoms with Crippen LogP contribution in [0.4, 0.5) is 0 Å². The third kappa shape index (κ3) is 2.98. The van der Waals surface area contributed by atoms with E-state index in [1.165, 1.54) is 22.2 Å². The molecule has 110 valence electrons. The molecule has 0 amide bonds. The third-order valence-electron chi connectivity index (χ3n) is 4.12. The first kappa shape index (κ1) is 14.6. The lowest BCUT2D eigenvalue weighted by atomic mass is 9.93. The molecule has 0 N–H and O–H groups in total. The molecule has 0 saturated heterocycles. The summed E-state index contributed by atoms with van der Waals surface area (Å²) in [6.07, 6.45) is 0. The zero-order valence-electron chi connectivity index (χ0n) is 12.6. The molecule has 3 rings (SSSR count). The summed E-state index contributed by atoms with van der Waals surface area (Å²) in [5, 5.41) is 2.65. The minimum atomic E-state index is 0.338. The highest BCUT2D eigenvalue weighted by Gasteiger charge is 2.25. The van der Waals surface area contributed by atoms with Crippen LogP contribution >= 0.6 is 15.9 Å². The van der Waals surface area contributed by atoms with Crippen LogP contribution in [0, 0.1) is 0 Å². The van der Waals surface area contributed by atoms with Gasteiger partial charge in [-0.2, -0.15) is 0 Å². The van der Waals surface area contributed by atoms with E-state index >= 15 is 0 Å². The summed E-state index contributed by atoms with van der Waals surface area (Å²) in [5.41, 5.74) is 1.38. The van der Waals surface area contributed by atoms with Gasteiger partial charge in [0.05, 0.1) is 6.54 Å². The molecule has 1 aliphatic heterocycles. The van der Waals surface area contributed by atoms with Gasteiger partial charge >= 0.3 is 0 Å². The summed E-state index contributed by atoms with van der Waals surface area (Å²) in [7, 11) is 0. The summed E-state index contributed by atoms with van der Waals surface area (Å²) in [6.45, 7) is 7.45. The fraction of sp³-hybridized carbons (Fsp3) is 0.389. The Kier molecular flexibility index (Phi) is 4.29. The number of benzene rings is 2. The molecule has 0 bridgehead atoms. The van der Waals surface area contributed by atoms with Gasteiger partial charge in [-0.3, -0.25) is 4.99 Å². The summed E-state index contributed by atoms with van der Waals surface area (Å²) < 4.78 is 0. The minimum Gasteiger partial charge on any atom is -0.357 e. The molecule has 0 aliphatic carbocycles. The number of amidine groups is 1. The van der Waals surface area contributed by atoms with E-state index in [-0.39, 0.29) is 0 Å². The van der Waals surface area contributed by atoms with Crippen LogP contribution in [-0.2, 0) is 0 Å². The molecular weight excluding hydrogens is 324 g/mol. The SMILES string of the molecule is CC(Br)CN1CCN=C1C(C)c1cccc2ccccc12. The van der Waals surface area contributed by atoms with Crippen LogP contribution in [0.5, 0.6) is 0 Å². The number of hydrogen-bond donors (Lipinski definition) is 0. The second-order valence-corrected chi connectivity index (χ2v) is 7.32. The van der Waals surface area contributed by atoms with Crippen molar-refractivity contribution in [2.24, 2.45) is 4.99 Å². The Hall–Kier alpha value is -1.35. The predicted octanol–water partition coefficient (Wildman–Crippen LogP) is 4.44. The maximum atomic E-state index is 4.78. The van der Waals surface area contributed by atoms with E-state index in [2.05, 4.69) is 77.1 Å². The van der Waals surface area contributed by atoms with E-state index in [0.29, 0.717) is 10.7 Å². The van der Waals surface area contributed by atoms with Crippen LogP contribution in [0.3, 0.4) is 0 Å². The monoisotopic (exact) mass is 344 g/mol.